The summed E-state index contributed by atoms with van der Waals surface area (Å²) in [5.74, 6) is 0.596. The number of amides is 1. The van der Waals surface area contributed by atoms with E-state index >= 15 is 0 Å². The average molecular weight is 387 g/mol. The summed E-state index contributed by atoms with van der Waals surface area (Å²) in [5, 5.41) is 12.4. The van der Waals surface area contributed by atoms with Crippen molar-refractivity contribution in [2.24, 2.45) is 0 Å². The Labute approximate surface area is 157 Å². The first-order chi connectivity index (χ1) is 12.7. The van der Waals surface area contributed by atoms with Crippen LogP contribution in [0.2, 0.25) is 0 Å². The number of nitrogens with one attached hydrogen (secondary N) is 1. The van der Waals surface area contributed by atoms with Gasteiger partial charge in [0.15, 0.2) is 0 Å². The minimum absolute atomic E-state index is 0.0732. The van der Waals surface area contributed by atoms with Gasteiger partial charge in [0.25, 0.3) is 5.56 Å². The molecule has 4 aromatic rings. The minimum atomic E-state index is -0.237. The molecule has 1 N–H and O–H groups in total. The maximum atomic E-state index is 12.8. The number of nitrogens with zero attached hydrogens (tertiary/aromatic N) is 3. The van der Waals surface area contributed by atoms with Gasteiger partial charge in [0.1, 0.15) is 22.7 Å². The van der Waals surface area contributed by atoms with E-state index in [1.165, 1.54) is 4.68 Å². The van der Waals surface area contributed by atoms with Crippen LogP contribution in [0.25, 0.3) is 15.7 Å². The molecule has 0 saturated carbocycles. The van der Waals surface area contributed by atoms with Crippen LogP contribution in [0.15, 0.2) is 39.8 Å². The fourth-order valence-corrected chi connectivity index (χ4v) is 4.54. The number of hydrogen-bond donors (Lipinski definition) is 1. The summed E-state index contributed by atoms with van der Waals surface area (Å²) in [5.41, 5.74) is 0.343. The Morgan fingerprint density at radius 3 is 2.92 bits per heavy atom. The Balaban J connectivity index is 1.67. The number of fused-ring (bicyclic) bond motifs is 3. The summed E-state index contributed by atoms with van der Waals surface area (Å²) in [6.45, 7) is 2.47. The van der Waals surface area contributed by atoms with Gasteiger partial charge in [-0.25, -0.2) is 4.68 Å². The molecule has 0 radical (unpaired) electrons. The molecule has 8 heteroatoms. The Hall–Kier alpha value is -2.45. The summed E-state index contributed by atoms with van der Waals surface area (Å²) < 4.78 is 3.22. The van der Waals surface area contributed by atoms with E-state index in [1.54, 1.807) is 22.7 Å². The van der Waals surface area contributed by atoms with Crippen LogP contribution in [0.1, 0.15) is 24.0 Å². The minimum Gasteiger partial charge on any atom is -0.350 e. The second kappa shape index (κ2) is 7.05. The molecule has 0 aliphatic carbocycles. The zero-order valence-corrected chi connectivity index (χ0v) is 15.9. The molecule has 0 saturated heterocycles. The average Bonchev–Trinajstić information content (AvgIpc) is 3.33. The van der Waals surface area contributed by atoms with Gasteiger partial charge in [-0.15, -0.1) is 22.7 Å². The van der Waals surface area contributed by atoms with Crippen molar-refractivity contribution in [1.82, 2.24) is 19.5 Å². The standard InChI is InChI=1S/C18H18N4O2S2/c1-2-4-15-20-21(11-16(23)19-10-13-5-3-7-25-13)17(24)14-9-12-6-8-26-18(12)22(14)15/h3,5-9H,2,4,10-11H2,1H3,(H,19,23). The van der Waals surface area contributed by atoms with Crippen LogP contribution in [0.4, 0.5) is 0 Å². The van der Waals surface area contributed by atoms with Gasteiger partial charge in [-0.3, -0.25) is 14.0 Å². The fourth-order valence-electron chi connectivity index (χ4n) is 2.98. The van der Waals surface area contributed by atoms with E-state index in [2.05, 4.69) is 17.3 Å². The number of carbonyl (C=O) groups excluding carboxylic acids is 1. The van der Waals surface area contributed by atoms with E-state index < -0.39 is 0 Å². The summed E-state index contributed by atoms with van der Waals surface area (Å²) in [6, 6.07) is 7.80. The van der Waals surface area contributed by atoms with Gasteiger partial charge < -0.3 is 5.32 Å². The highest BCUT2D eigenvalue weighted by Crippen LogP contribution is 2.25. The summed E-state index contributed by atoms with van der Waals surface area (Å²) in [6.07, 6.45) is 1.66. The molecule has 6 nitrogen and oxygen atoms in total. The van der Waals surface area contributed by atoms with Crippen molar-refractivity contribution in [2.75, 3.05) is 0 Å². The topological polar surface area (TPSA) is 68.4 Å². The van der Waals surface area contributed by atoms with Gasteiger partial charge in [0.2, 0.25) is 5.91 Å². The lowest BCUT2D eigenvalue weighted by molar-refractivity contribution is -0.122. The maximum absolute atomic E-state index is 12.8. The fraction of sp³-hybridized carbons (Fsp3) is 0.278. The van der Waals surface area contributed by atoms with Crippen LogP contribution in [0.3, 0.4) is 0 Å². The number of aryl methyl sites for hydroxylation is 1. The zero-order valence-electron chi connectivity index (χ0n) is 14.3. The highest BCUT2D eigenvalue weighted by atomic mass is 32.1. The van der Waals surface area contributed by atoms with E-state index in [-0.39, 0.29) is 18.0 Å². The lowest BCUT2D eigenvalue weighted by atomic mass is 10.3. The summed E-state index contributed by atoms with van der Waals surface area (Å²) in [4.78, 5) is 27.2. The molecule has 4 rings (SSSR count). The van der Waals surface area contributed by atoms with Crippen LogP contribution in [-0.4, -0.2) is 20.1 Å². The Morgan fingerprint density at radius 1 is 1.27 bits per heavy atom. The zero-order chi connectivity index (χ0) is 18.1. The van der Waals surface area contributed by atoms with E-state index in [0.29, 0.717) is 12.1 Å². The Kier molecular flexibility index (Phi) is 4.60. The van der Waals surface area contributed by atoms with Gasteiger partial charge in [-0.05, 0) is 35.4 Å². The van der Waals surface area contributed by atoms with Crippen molar-refractivity contribution in [3.05, 3.63) is 56.1 Å². The second-order valence-electron chi connectivity index (χ2n) is 6.03. The van der Waals surface area contributed by atoms with Gasteiger partial charge in [-0.2, -0.15) is 5.10 Å². The van der Waals surface area contributed by atoms with Crippen molar-refractivity contribution < 1.29 is 4.79 Å². The number of carbonyl (C=O) groups is 1. The third kappa shape index (κ3) is 3.06. The van der Waals surface area contributed by atoms with E-state index in [0.717, 1.165) is 33.8 Å². The number of thiophene rings is 2. The molecule has 0 aromatic carbocycles. The molecule has 0 spiro atoms. The van der Waals surface area contributed by atoms with Gasteiger partial charge in [-0.1, -0.05) is 13.0 Å². The maximum Gasteiger partial charge on any atom is 0.291 e. The van der Waals surface area contributed by atoms with E-state index in [1.807, 2.05) is 39.4 Å². The molecule has 134 valence electrons. The molecule has 4 heterocycles. The monoisotopic (exact) mass is 386 g/mol. The highest BCUT2D eigenvalue weighted by Gasteiger charge is 2.16. The SMILES string of the molecule is CCCc1nn(CC(=O)NCc2cccs2)c(=O)c2cc3ccsc3n12. The smallest absolute Gasteiger partial charge is 0.291 e. The summed E-state index contributed by atoms with van der Waals surface area (Å²) >= 11 is 3.18. The lowest BCUT2D eigenvalue weighted by Crippen LogP contribution is -2.35. The predicted octanol–water partition coefficient (Wildman–Crippen LogP) is 3.04. The van der Waals surface area contributed by atoms with Crippen molar-refractivity contribution in [3.8, 4) is 0 Å². The Morgan fingerprint density at radius 2 is 2.15 bits per heavy atom. The highest BCUT2D eigenvalue weighted by molar-refractivity contribution is 7.16. The summed E-state index contributed by atoms with van der Waals surface area (Å²) in [7, 11) is 0. The molecular formula is C18H18N4O2S2. The molecule has 26 heavy (non-hydrogen) atoms. The molecule has 0 fully saturated rings. The number of aromatic nitrogens is 3. The van der Waals surface area contributed by atoms with Gasteiger partial charge >= 0.3 is 0 Å². The second-order valence-corrected chi connectivity index (χ2v) is 7.96. The number of hydrogen-bond acceptors (Lipinski definition) is 5. The molecule has 1 amide bonds. The third-order valence-corrected chi connectivity index (χ3v) is 5.96. The Bertz CT molecular complexity index is 1120. The van der Waals surface area contributed by atoms with Crippen molar-refractivity contribution >= 4 is 44.3 Å². The van der Waals surface area contributed by atoms with Crippen LogP contribution in [-0.2, 0) is 24.3 Å². The van der Waals surface area contributed by atoms with Gasteiger partial charge in [0.05, 0.1) is 6.54 Å². The van der Waals surface area contributed by atoms with Crippen LogP contribution >= 0.6 is 22.7 Å². The molecule has 0 aliphatic rings. The van der Waals surface area contributed by atoms with E-state index in [9.17, 15) is 9.59 Å². The largest absolute Gasteiger partial charge is 0.350 e. The predicted molar refractivity (Wildman–Crippen MR) is 105 cm³/mol. The normalized spacial score (nSPS) is 11.4. The third-order valence-electron chi connectivity index (χ3n) is 4.17. The van der Waals surface area contributed by atoms with Gasteiger partial charge in [0, 0.05) is 16.7 Å². The van der Waals surface area contributed by atoms with Crippen LogP contribution in [0.5, 0.6) is 0 Å². The van der Waals surface area contributed by atoms with Crippen molar-refractivity contribution in [3.63, 3.8) is 0 Å². The molecule has 0 atom stereocenters. The first-order valence-electron chi connectivity index (χ1n) is 8.45. The first-order valence-corrected chi connectivity index (χ1v) is 10.2. The van der Waals surface area contributed by atoms with E-state index in [4.69, 9.17) is 0 Å². The quantitative estimate of drug-likeness (QED) is 0.554. The first kappa shape index (κ1) is 17.0. The molecular weight excluding hydrogens is 368 g/mol. The molecule has 0 bridgehead atoms. The molecule has 4 aromatic heterocycles. The molecule has 0 aliphatic heterocycles. The van der Waals surface area contributed by atoms with Crippen molar-refractivity contribution in [1.29, 1.82) is 0 Å². The lowest BCUT2D eigenvalue weighted by Gasteiger charge is -2.10. The van der Waals surface area contributed by atoms with Crippen molar-refractivity contribution in [2.45, 2.75) is 32.9 Å². The number of rotatable bonds is 6. The van der Waals surface area contributed by atoms with Crippen LogP contribution in [0, 0.1) is 0 Å². The molecule has 0 unspecified atom stereocenters. The van der Waals surface area contributed by atoms with Crippen LogP contribution < -0.4 is 10.9 Å².